The van der Waals surface area contributed by atoms with Gasteiger partial charge in [0.25, 0.3) is 0 Å². The summed E-state index contributed by atoms with van der Waals surface area (Å²) in [5.74, 6) is 1.00. The second kappa shape index (κ2) is 8.41. The van der Waals surface area contributed by atoms with Gasteiger partial charge in [-0.05, 0) is 38.5 Å². The third kappa shape index (κ3) is 5.39. The Labute approximate surface area is 118 Å². The SMILES string of the molecule is CCNC(=NCC1(CCOCC)CCCC1)N(C)C. The molecule has 0 bridgehead atoms. The average molecular weight is 269 g/mol. The van der Waals surface area contributed by atoms with E-state index in [0.29, 0.717) is 5.41 Å². The molecule has 19 heavy (non-hydrogen) atoms. The predicted octanol–water partition coefficient (Wildman–Crippen LogP) is 2.50. The maximum absolute atomic E-state index is 5.55. The molecule has 4 nitrogen and oxygen atoms in total. The number of nitrogens with zero attached hydrogens (tertiary/aromatic N) is 2. The molecule has 1 aliphatic carbocycles. The van der Waals surface area contributed by atoms with Crippen molar-refractivity contribution in [3.05, 3.63) is 0 Å². The number of hydrogen-bond donors (Lipinski definition) is 1. The topological polar surface area (TPSA) is 36.9 Å². The van der Waals surface area contributed by atoms with Gasteiger partial charge < -0.3 is 15.0 Å². The van der Waals surface area contributed by atoms with Gasteiger partial charge in [0, 0.05) is 40.4 Å². The summed E-state index contributed by atoms with van der Waals surface area (Å²) in [6.07, 6.45) is 6.45. The smallest absolute Gasteiger partial charge is 0.193 e. The Hall–Kier alpha value is -0.770. The molecule has 0 atom stereocenters. The van der Waals surface area contributed by atoms with Gasteiger partial charge in [-0.3, -0.25) is 4.99 Å². The fraction of sp³-hybridized carbons (Fsp3) is 0.933. The van der Waals surface area contributed by atoms with E-state index in [1.54, 1.807) is 0 Å². The van der Waals surface area contributed by atoms with E-state index in [1.165, 1.54) is 25.7 Å². The molecule has 0 saturated heterocycles. The van der Waals surface area contributed by atoms with Crippen molar-refractivity contribution in [3.63, 3.8) is 0 Å². The summed E-state index contributed by atoms with van der Waals surface area (Å²) in [5.41, 5.74) is 0.381. The number of ether oxygens (including phenoxy) is 1. The van der Waals surface area contributed by atoms with E-state index in [1.807, 2.05) is 14.1 Å². The molecular formula is C15H31N3O. The van der Waals surface area contributed by atoms with Gasteiger partial charge in [0.15, 0.2) is 5.96 Å². The molecule has 0 heterocycles. The lowest BCUT2D eigenvalue weighted by molar-refractivity contribution is 0.107. The maximum atomic E-state index is 5.55. The van der Waals surface area contributed by atoms with E-state index >= 15 is 0 Å². The van der Waals surface area contributed by atoms with Crippen LogP contribution in [0.2, 0.25) is 0 Å². The Morgan fingerprint density at radius 3 is 2.47 bits per heavy atom. The number of guanidine groups is 1. The van der Waals surface area contributed by atoms with Gasteiger partial charge in [0.2, 0.25) is 0 Å². The zero-order chi connectivity index (χ0) is 14.1. The van der Waals surface area contributed by atoms with Crippen LogP contribution in [0.1, 0.15) is 46.0 Å². The fourth-order valence-corrected chi connectivity index (χ4v) is 2.80. The van der Waals surface area contributed by atoms with E-state index in [2.05, 4.69) is 24.1 Å². The van der Waals surface area contributed by atoms with Crippen LogP contribution in [0.5, 0.6) is 0 Å². The number of aliphatic imine (C=N–C) groups is 1. The summed E-state index contributed by atoms with van der Waals surface area (Å²) in [6, 6.07) is 0. The minimum atomic E-state index is 0.381. The Bertz CT molecular complexity index is 271. The molecule has 1 saturated carbocycles. The van der Waals surface area contributed by atoms with E-state index in [4.69, 9.17) is 9.73 Å². The fourth-order valence-electron chi connectivity index (χ4n) is 2.80. The summed E-state index contributed by atoms with van der Waals surface area (Å²) >= 11 is 0. The van der Waals surface area contributed by atoms with Gasteiger partial charge in [-0.25, -0.2) is 0 Å². The summed E-state index contributed by atoms with van der Waals surface area (Å²) < 4.78 is 5.55. The normalized spacial score (nSPS) is 18.6. The highest BCUT2D eigenvalue weighted by molar-refractivity contribution is 5.79. The third-order valence-corrected chi connectivity index (χ3v) is 3.97. The van der Waals surface area contributed by atoms with Crippen LogP contribution in [0.4, 0.5) is 0 Å². The summed E-state index contributed by atoms with van der Waals surface area (Å²) in [5, 5.41) is 3.34. The van der Waals surface area contributed by atoms with E-state index < -0.39 is 0 Å². The van der Waals surface area contributed by atoms with Gasteiger partial charge in [-0.2, -0.15) is 0 Å². The van der Waals surface area contributed by atoms with Crippen molar-refractivity contribution in [2.75, 3.05) is 40.4 Å². The largest absolute Gasteiger partial charge is 0.382 e. The highest BCUT2D eigenvalue weighted by atomic mass is 16.5. The van der Waals surface area contributed by atoms with E-state index in [-0.39, 0.29) is 0 Å². The Kier molecular flexibility index (Phi) is 7.21. The van der Waals surface area contributed by atoms with Gasteiger partial charge in [-0.1, -0.05) is 12.8 Å². The van der Waals surface area contributed by atoms with Crippen molar-refractivity contribution >= 4 is 5.96 Å². The molecule has 0 unspecified atom stereocenters. The molecular weight excluding hydrogens is 238 g/mol. The monoisotopic (exact) mass is 269 g/mol. The molecule has 0 aromatic rings. The van der Waals surface area contributed by atoms with E-state index in [0.717, 1.165) is 38.7 Å². The third-order valence-electron chi connectivity index (χ3n) is 3.97. The van der Waals surface area contributed by atoms with Crippen molar-refractivity contribution in [3.8, 4) is 0 Å². The van der Waals surface area contributed by atoms with Crippen molar-refractivity contribution in [2.45, 2.75) is 46.0 Å². The van der Waals surface area contributed by atoms with Crippen LogP contribution in [-0.4, -0.2) is 51.3 Å². The van der Waals surface area contributed by atoms with Crippen LogP contribution >= 0.6 is 0 Å². The molecule has 1 rings (SSSR count). The van der Waals surface area contributed by atoms with Crippen LogP contribution in [0, 0.1) is 5.41 Å². The molecule has 1 aliphatic rings. The molecule has 0 aromatic carbocycles. The molecule has 0 amide bonds. The molecule has 4 heteroatoms. The minimum absolute atomic E-state index is 0.381. The standard InChI is InChI=1S/C15H31N3O/c1-5-16-14(18(3)4)17-13-15(9-7-8-10-15)11-12-19-6-2/h5-13H2,1-4H3,(H,16,17). The van der Waals surface area contributed by atoms with Crippen molar-refractivity contribution in [1.82, 2.24) is 10.2 Å². The summed E-state index contributed by atoms with van der Waals surface area (Å²) in [4.78, 5) is 6.89. The first-order chi connectivity index (χ1) is 9.13. The van der Waals surface area contributed by atoms with Gasteiger partial charge >= 0.3 is 0 Å². The lowest BCUT2D eigenvalue weighted by atomic mass is 9.83. The van der Waals surface area contributed by atoms with Crippen LogP contribution in [0.25, 0.3) is 0 Å². The second-order valence-corrected chi connectivity index (χ2v) is 5.72. The minimum Gasteiger partial charge on any atom is -0.382 e. The maximum Gasteiger partial charge on any atom is 0.193 e. The molecule has 0 spiro atoms. The number of rotatable bonds is 7. The van der Waals surface area contributed by atoms with Gasteiger partial charge in [0.05, 0.1) is 0 Å². The first kappa shape index (κ1) is 16.3. The van der Waals surface area contributed by atoms with Crippen LogP contribution < -0.4 is 5.32 Å². The van der Waals surface area contributed by atoms with Crippen LogP contribution in [-0.2, 0) is 4.74 Å². The van der Waals surface area contributed by atoms with Crippen molar-refractivity contribution in [1.29, 1.82) is 0 Å². The predicted molar refractivity (Wildman–Crippen MR) is 81.7 cm³/mol. The van der Waals surface area contributed by atoms with Gasteiger partial charge in [0.1, 0.15) is 0 Å². The lowest BCUT2D eigenvalue weighted by Gasteiger charge is -2.28. The highest BCUT2D eigenvalue weighted by Gasteiger charge is 2.33. The number of hydrogen-bond acceptors (Lipinski definition) is 2. The second-order valence-electron chi connectivity index (χ2n) is 5.72. The Balaban J connectivity index is 2.58. The molecule has 1 N–H and O–H groups in total. The van der Waals surface area contributed by atoms with Crippen molar-refractivity contribution < 1.29 is 4.74 Å². The lowest BCUT2D eigenvalue weighted by Crippen LogP contribution is -2.37. The molecule has 0 aliphatic heterocycles. The Morgan fingerprint density at radius 2 is 1.95 bits per heavy atom. The first-order valence-corrected chi connectivity index (χ1v) is 7.67. The van der Waals surface area contributed by atoms with E-state index in [9.17, 15) is 0 Å². The van der Waals surface area contributed by atoms with Crippen LogP contribution in [0.15, 0.2) is 4.99 Å². The zero-order valence-electron chi connectivity index (χ0n) is 13.2. The van der Waals surface area contributed by atoms with Crippen LogP contribution in [0.3, 0.4) is 0 Å². The quantitative estimate of drug-likeness (QED) is 0.438. The molecule has 112 valence electrons. The average Bonchev–Trinajstić information content (AvgIpc) is 2.84. The molecule has 0 aromatic heterocycles. The summed E-state index contributed by atoms with van der Waals surface area (Å²) in [7, 11) is 4.09. The Morgan fingerprint density at radius 1 is 1.26 bits per heavy atom. The summed E-state index contributed by atoms with van der Waals surface area (Å²) in [6.45, 7) is 7.72. The zero-order valence-corrected chi connectivity index (χ0v) is 13.2. The van der Waals surface area contributed by atoms with Crippen molar-refractivity contribution in [2.24, 2.45) is 10.4 Å². The first-order valence-electron chi connectivity index (χ1n) is 7.67. The molecule has 0 radical (unpaired) electrons. The highest BCUT2D eigenvalue weighted by Crippen LogP contribution is 2.41. The molecule has 1 fully saturated rings. The van der Waals surface area contributed by atoms with Gasteiger partial charge in [-0.15, -0.1) is 0 Å². The number of nitrogens with one attached hydrogen (secondary N) is 1.